The second-order valence-electron chi connectivity index (χ2n) is 7.34. The Hall–Kier alpha value is -3.24. The van der Waals surface area contributed by atoms with Gasteiger partial charge in [0.05, 0.1) is 5.56 Å². The molecule has 33 heavy (non-hydrogen) atoms. The zero-order valence-electron chi connectivity index (χ0n) is 17.6. The Morgan fingerprint density at radius 3 is 2.12 bits per heavy atom. The fourth-order valence-electron chi connectivity index (χ4n) is 3.39. The number of nitrogens with one attached hydrogen (secondary N) is 1. The molecule has 1 atom stereocenters. The van der Waals surface area contributed by atoms with Crippen LogP contribution in [0.15, 0.2) is 60.7 Å². The first-order chi connectivity index (χ1) is 15.6. The molecule has 3 N–H and O–H groups in total. The average Bonchev–Trinajstić information content (AvgIpc) is 3.28. The lowest BCUT2D eigenvalue weighted by Gasteiger charge is -2.29. The number of hydrogen-bond acceptors (Lipinski definition) is 4. The van der Waals surface area contributed by atoms with Gasteiger partial charge in [-0.05, 0) is 42.3 Å². The third-order valence-corrected chi connectivity index (χ3v) is 4.91. The van der Waals surface area contributed by atoms with Crippen LogP contribution in [0.1, 0.15) is 23.1 Å². The Kier molecular flexibility index (Phi) is 9.56. The summed E-state index contributed by atoms with van der Waals surface area (Å²) < 4.78 is 52.9. The number of nitrogens with zero attached hydrogens (tertiary/aromatic N) is 1. The maximum Gasteiger partial charge on any atom is 0.416 e. The predicted octanol–water partition coefficient (Wildman–Crippen LogP) is 3.92. The van der Waals surface area contributed by atoms with E-state index in [1.54, 1.807) is 18.2 Å². The molecule has 0 aromatic heterocycles. The molecule has 1 aliphatic heterocycles. The van der Waals surface area contributed by atoms with Gasteiger partial charge in [-0.15, -0.1) is 0 Å². The summed E-state index contributed by atoms with van der Waals surface area (Å²) in [4.78, 5) is 21.1. The predicted molar refractivity (Wildman–Crippen MR) is 113 cm³/mol. The summed E-state index contributed by atoms with van der Waals surface area (Å²) in [6.45, 7) is 2.29. The van der Waals surface area contributed by atoms with Crippen LogP contribution in [0.4, 0.5) is 17.6 Å². The standard InChI is InChI=1S/C19H20F4N2.C4H4O4/c20-16-7-5-14(6-8-16)12-25(17-9-10-24-11-17)13-15-3-1-2-4-18(15)19(21,22)23;5-3(6)1-2-4(7)8/h1-8,17,24H,9-13H2;1-2H,(H,5,6)(H,7,8)/b;2-1+/t17-;/m0./s1. The van der Waals surface area contributed by atoms with Crippen LogP contribution in [-0.4, -0.2) is 46.2 Å². The monoisotopic (exact) mass is 468 g/mol. The van der Waals surface area contributed by atoms with Gasteiger partial charge in [-0.2, -0.15) is 13.2 Å². The Bertz CT molecular complexity index is 940. The molecule has 0 bridgehead atoms. The van der Waals surface area contributed by atoms with Crippen LogP contribution in [-0.2, 0) is 28.9 Å². The van der Waals surface area contributed by atoms with Crippen molar-refractivity contribution in [1.82, 2.24) is 10.2 Å². The van der Waals surface area contributed by atoms with E-state index < -0.39 is 23.7 Å². The molecule has 1 heterocycles. The van der Waals surface area contributed by atoms with Gasteiger partial charge in [0.15, 0.2) is 0 Å². The molecule has 0 amide bonds. The van der Waals surface area contributed by atoms with E-state index in [-0.39, 0.29) is 24.0 Å². The van der Waals surface area contributed by atoms with Crippen molar-refractivity contribution >= 4 is 11.9 Å². The van der Waals surface area contributed by atoms with Gasteiger partial charge in [-0.3, -0.25) is 4.90 Å². The molecule has 10 heteroatoms. The van der Waals surface area contributed by atoms with Crippen molar-refractivity contribution < 1.29 is 37.4 Å². The number of carboxylic acid groups (broad SMARTS) is 2. The molecular formula is C23H24F4N2O4. The smallest absolute Gasteiger partial charge is 0.416 e. The van der Waals surface area contributed by atoms with Crippen LogP contribution in [0.2, 0.25) is 0 Å². The first-order valence-corrected chi connectivity index (χ1v) is 10.0. The second-order valence-corrected chi connectivity index (χ2v) is 7.34. The average molecular weight is 468 g/mol. The van der Waals surface area contributed by atoms with Crippen LogP contribution in [0.3, 0.4) is 0 Å². The summed E-state index contributed by atoms with van der Waals surface area (Å²) in [6.07, 6.45) is -2.37. The molecule has 0 saturated carbocycles. The number of carboxylic acids is 2. The summed E-state index contributed by atoms with van der Waals surface area (Å²) in [7, 11) is 0. The molecule has 3 rings (SSSR count). The van der Waals surface area contributed by atoms with Crippen LogP contribution in [0.5, 0.6) is 0 Å². The maximum atomic E-state index is 13.3. The number of aliphatic carboxylic acids is 2. The molecule has 178 valence electrons. The molecule has 1 aliphatic rings. The van der Waals surface area contributed by atoms with E-state index >= 15 is 0 Å². The van der Waals surface area contributed by atoms with Gasteiger partial charge in [-0.1, -0.05) is 30.3 Å². The summed E-state index contributed by atoms with van der Waals surface area (Å²) >= 11 is 0. The number of carbonyl (C=O) groups is 2. The van der Waals surface area contributed by atoms with Gasteiger partial charge >= 0.3 is 18.1 Å². The molecule has 0 unspecified atom stereocenters. The number of hydrogen-bond donors (Lipinski definition) is 3. The molecule has 2 aromatic rings. The highest BCUT2D eigenvalue weighted by atomic mass is 19.4. The molecule has 6 nitrogen and oxygen atoms in total. The Morgan fingerprint density at radius 1 is 1.00 bits per heavy atom. The largest absolute Gasteiger partial charge is 0.478 e. The Balaban J connectivity index is 0.000000414. The van der Waals surface area contributed by atoms with E-state index in [0.717, 1.165) is 31.1 Å². The van der Waals surface area contributed by atoms with Crippen molar-refractivity contribution in [3.05, 3.63) is 83.2 Å². The topological polar surface area (TPSA) is 89.9 Å². The van der Waals surface area contributed by atoms with Gasteiger partial charge in [0.2, 0.25) is 0 Å². The first-order valence-electron chi connectivity index (χ1n) is 10.0. The second kappa shape index (κ2) is 12.1. The molecule has 1 fully saturated rings. The summed E-state index contributed by atoms with van der Waals surface area (Å²) in [5, 5.41) is 18.9. The Morgan fingerprint density at radius 2 is 1.61 bits per heavy atom. The van der Waals surface area contributed by atoms with E-state index in [4.69, 9.17) is 10.2 Å². The molecule has 0 radical (unpaired) electrons. The number of halogens is 4. The zero-order chi connectivity index (χ0) is 24.4. The van der Waals surface area contributed by atoms with Crippen LogP contribution < -0.4 is 5.32 Å². The van der Waals surface area contributed by atoms with Gasteiger partial charge in [-0.25, -0.2) is 14.0 Å². The van der Waals surface area contributed by atoms with Gasteiger partial charge in [0, 0.05) is 37.8 Å². The highest BCUT2D eigenvalue weighted by Crippen LogP contribution is 2.33. The fraction of sp³-hybridized carbons (Fsp3) is 0.304. The van der Waals surface area contributed by atoms with Gasteiger partial charge in [0.1, 0.15) is 5.82 Å². The summed E-state index contributed by atoms with van der Waals surface area (Å²) in [5.41, 5.74) is 0.562. The lowest BCUT2D eigenvalue weighted by atomic mass is 10.0. The minimum atomic E-state index is -4.37. The summed E-state index contributed by atoms with van der Waals surface area (Å²) in [5.74, 6) is -2.83. The van der Waals surface area contributed by atoms with E-state index in [1.807, 2.05) is 4.90 Å². The minimum Gasteiger partial charge on any atom is -0.478 e. The lowest BCUT2D eigenvalue weighted by Crippen LogP contribution is -2.36. The summed E-state index contributed by atoms with van der Waals surface area (Å²) in [6, 6.07) is 12.0. The zero-order valence-corrected chi connectivity index (χ0v) is 17.6. The number of alkyl halides is 3. The van der Waals surface area contributed by atoms with E-state index in [0.29, 0.717) is 18.7 Å². The van der Waals surface area contributed by atoms with Gasteiger partial charge < -0.3 is 15.5 Å². The minimum absolute atomic E-state index is 0.159. The Labute approximate surface area is 188 Å². The first kappa shape index (κ1) is 26.0. The third-order valence-electron chi connectivity index (χ3n) is 4.91. The highest BCUT2D eigenvalue weighted by Gasteiger charge is 2.34. The molecule has 0 aliphatic carbocycles. The third kappa shape index (κ3) is 9.03. The number of benzene rings is 2. The van der Waals surface area contributed by atoms with E-state index in [2.05, 4.69) is 5.32 Å². The van der Waals surface area contributed by atoms with Crippen molar-refractivity contribution in [3.63, 3.8) is 0 Å². The maximum absolute atomic E-state index is 13.3. The van der Waals surface area contributed by atoms with Crippen molar-refractivity contribution in [2.24, 2.45) is 0 Å². The molecular weight excluding hydrogens is 444 g/mol. The van der Waals surface area contributed by atoms with Crippen molar-refractivity contribution in [2.75, 3.05) is 13.1 Å². The van der Waals surface area contributed by atoms with E-state index in [1.165, 1.54) is 24.3 Å². The number of rotatable bonds is 7. The normalized spacial score (nSPS) is 16.0. The van der Waals surface area contributed by atoms with Crippen LogP contribution >= 0.6 is 0 Å². The van der Waals surface area contributed by atoms with Crippen LogP contribution in [0, 0.1) is 5.82 Å². The fourth-order valence-corrected chi connectivity index (χ4v) is 3.39. The van der Waals surface area contributed by atoms with Crippen molar-refractivity contribution in [2.45, 2.75) is 31.7 Å². The van der Waals surface area contributed by atoms with Crippen molar-refractivity contribution in [3.8, 4) is 0 Å². The molecule has 0 spiro atoms. The molecule has 1 saturated heterocycles. The van der Waals surface area contributed by atoms with Gasteiger partial charge in [0.25, 0.3) is 0 Å². The van der Waals surface area contributed by atoms with Crippen molar-refractivity contribution in [1.29, 1.82) is 0 Å². The lowest BCUT2D eigenvalue weighted by molar-refractivity contribution is -0.138. The van der Waals surface area contributed by atoms with Crippen LogP contribution in [0.25, 0.3) is 0 Å². The highest BCUT2D eigenvalue weighted by molar-refractivity contribution is 5.89. The quantitative estimate of drug-likeness (QED) is 0.422. The SMILES string of the molecule is Fc1ccc(CN(Cc2ccccc2C(F)(F)F)[C@H]2CCNC2)cc1.O=C(O)/C=C/C(=O)O. The van der Waals surface area contributed by atoms with E-state index in [9.17, 15) is 27.2 Å². The molecule has 2 aromatic carbocycles.